The Kier molecular flexibility index (Phi) is 3.91. The average Bonchev–Trinajstić information content (AvgIpc) is 2.10. The Hall–Kier alpha value is -0.680. The van der Waals surface area contributed by atoms with Gasteiger partial charge >= 0.3 is 13.8 Å². The van der Waals surface area contributed by atoms with Crippen molar-refractivity contribution in [3.05, 3.63) is 11.6 Å². The van der Waals surface area contributed by atoms with Gasteiger partial charge in [-0.25, -0.2) is 9.36 Å². The van der Waals surface area contributed by atoms with Crippen LogP contribution in [0.4, 0.5) is 0 Å². The number of hydrogen-bond acceptors (Lipinski definition) is 3. The smallest absolute Gasteiger partial charge is 0.469 e. The van der Waals surface area contributed by atoms with E-state index in [1.165, 1.54) is 0 Å². The topological polar surface area (TPSA) is 104 Å². The van der Waals surface area contributed by atoms with Crippen molar-refractivity contribution in [3.63, 3.8) is 0 Å². The molecule has 0 saturated carbocycles. The molecule has 0 fully saturated rings. The van der Waals surface area contributed by atoms with Crippen molar-refractivity contribution in [2.45, 2.75) is 26.4 Å². The summed E-state index contributed by atoms with van der Waals surface area (Å²) in [6.07, 6.45) is 0.866. The minimum Gasteiger partial charge on any atom is -0.478 e. The van der Waals surface area contributed by atoms with E-state index in [4.69, 9.17) is 14.9 Å². The third-order valence-electron chi connectivity index (χ3n) is 2.85. The molecule has 0 aromatic carbocycles. The monoisotopic (exact) mass is 250 g/mol. The molecule has 0 bridgehead atoms. The van der Waals surface area contributed by atoms with Crippen LogP contribution in [0.3, 0.4) is 0 Å². The van der Waals surface area contributed by atoms with E-state index in [9.17, 15) is 9.36 Å². The molecule has 3 atom stereocenters. The fourth-order valence-electron chi connectivity index (χ4n) is 1.75. The highest BCUT2D eigenvalue weighted by Gasteiger charge is 2.34. The quantitative estimate of drug-likeness (QED) is 0.649. The van der Waals surface area contributed by atoms with Gasteiger partial charge in [0, 0.05) is 12.0 Å². The fraction of sp³-hybridized carbons (Fsp3) is 0.667. The van der Waals surface area contributed by atoms with Crippen LogP contribution >= 0.6 is 7.82 Å². The highest BCUT2D eigenvalue weighted by Crippen LogP contribution is 2.43. The third-order valence-corrected chi connectivity index (χ3v) is 3.39. The molecule has 1 aliphatic rings. The van der Waals surface area contributed by atoms with Crippen molar-refractivity contribution in [1.29, 1.82) is 0 Å². The Morgan fingerprint density at radius 1 is 1.50 bits per heavy atom. The number of phosphoric acid groups is 1. The van der Waals surface area contributed by atoms with Crippen LogP contribution in [-0.2, 0) is 13.9 Å². The zero-order chi connectivity index (χ0) is 12.5. The Balaban J connectivity index is 2.85. The maximum Gasteiger partial charge on any atom is 0.469 e. The van der Waals surface area contributed by atoms with Gasteiger partial charge in [0.15, 0.2) is 0 Å². The molecule has 0 aromatic heterocycles. The Morgan fingerprint density at radius 3 is 2.50 bits per heavy atom. The van der Waals surface area contributed by atoms with Gasteiger partial charge in [-0.1, -0.05) is 19.9 Å². The Labute approximate surface area is 93.2 Å². The minimum atomic E-state index is -4.57. The van der Waals surface area contributed by atoms with Crippen LogP contribution in [0.15, 0.2) is 11.6 Å². The molecule has 0 aliphatic heterocycles. The van der Waals surface area contributed by atoms with Gasteiger partial charge in [-0.05, 0) is 11.8 Å². The summed E-state index contributed by atoms with van der Waals surface area (Å²) in [7, 11) is -4.57. The van der Waals surface area contributed by atoms with Crippen LogP contribution in [0.1, 0.15) is 20.3 Å². The number of allylic oxidation sites excluding steroid dienone is 1. The van der Waals surface area contributed by atoms with Crippen molar-refractivity contribution in [2.24, 2.45) is 11.8 Å². The van der Waals surface area contributed by atoms with Gasteiger partial charge in [-0.3, -0.25) is 4.52 Å². The zero-order valence-electron chi connectivity index (χ0n) is 9.03. The lowest BCUT2D eigenvalue weighted by Crippen LogP contribution is -2.31. The van der Waals surface area contributed by atoms with E-state index in [-0.39, 0.29) is 23.8 Å². The number of phosphoric ester groups is 1. The largest absolute Gasteiger partial charge is 0.478 e. The van der Waals surface area contributed by atoms with Crippen LogP contribution in [0.25, 0.3) is 0 Å². The van der Waals surface area contributed by atoms with Crippen LogP contribution in [0.5, 0.6) is 0 Å². The summed E-state index contributed by atoms with van der Waals surface area (Å²) in [4.78, 5) is 28.2. The van der Waals surface area contributed by atoms with E-state index < -0.39 is 19.9 Å². The molecule has 1 rings (SSSR count). The molecule has 0 radical (unpaired) electrons. The third kappa shape index (κ3) is 3.42. The van der Waals surface area contributed by atoms with Crippen molar-refractivity contribution in [3.8, 4) is 0 Å². The summed E-state index contributed by atoms with van der Waals surface area (Å²) < 4.78 is 15.3. The van der Waals surface area contributed by atoms with Crippen molar-refractivity contribution in [2.75, 3.05) is 0 Å². The lowest BCUT2D eigenvalue weighted by atomic mass is 9.81. The first-order valence-corrected chi connectivity index (χ1v) is 6.41. The first-order valence-electron chi connectivity index (χ1n) is 4.88. The molecular weight excluding hydrogens is 235 g/mol. The molecule has 0 spiro atoms. The summed E-state index contributed by atoms with van der Waals surface area (Å²) in [5, 5.41) is 8.84. The van der Waals surface area contributed by atoms with Crippen LogP contribution in [-0.4, -0.2) is 27.0 Å². The first-order chi connectivity index (χ1) is 7.20. The molecule has 1 aliphatic carbocycles. The molecule has 6 nitrogen and oxygen atoms in total. The van der Waals surface area contributed by atoms with E-state index in [1.54, 1.807) is 19.9 Å². The predicted molar refractivity (Wildman–Crippen MR) is 55.6 cm³/mol. The van der Waals surface area contributed by atoms with Crippen molar-refractivity contribution < 1.29 is 28.8 Å². The maximum absolute atomic E-state index is 10.8. The molecule has 16 heavy (non-hydrogen) atoms. The second-order valence-electron chi connectivity index (χ2n) is 4.05. The van der Waals surface area contributed by atoms with E-state index in [0.717, 1.165) is 0 Å². The highest BCUT2D eigenvalue weighted by molar-refractivity contribution is 7.46. The standard InChI is InChI=1S/C9H15O6P/c1-5-3-7(9(10)11)4-8(6(5)2)15-16(12,13)14/h3,5-6,8H,4H2,1-2H3,(H,10,11)(H2,12,13,14). The molecule has 0 heterocycles. The van der Waals surface area contributed by atoms with Gasteiger partial charge in [-0.2, -0.15) is 0 Å². The second kappa shape index (κ2) is 4.67. The number of rotatable bonds is 3. The van der Waals surface area contributed by atoms with Gasteiger partial charge in [0.05, 0.1) is 6.10 Å². The van der Waals surface area contributed by atoms with Gasteiger partial charge in [0.1, 0.15) is 0 Å². The van der Waals surface area contributed by atoms with Gasteiger partial charge in [0.2, 0.25) is 0 Å². The summed E-state index contributed by atoms with van der Waals surface area (Å²) in [5.41, 5.74) is 0.143. The van der Waals surface area contributed by atoms with E-state index in [0.29, 0.717) is 0 Å². The van der Waals surface area contributed by atoms with Gasteiger partial charge in [0.25, 0.3) is 0 Å². The summed E-state index contributed by atoms with van der Waals surface area (Å²) in [6, 6.07) is 0. The highest BCUT2D eigenvalue weighted by atomic mass is 31.2. The molecule has 3 unspecified atom stereocenters. The lowest BCUT2D eigenvalue weighted by molar-refractivity contribution is -0.133. The van der Waals surface area contributed by atoms with Crippen molar-refractivity contribution in [1.82, 2.24) is 0 Å². The van der Waals surface area contributed by atoms with Crippen LogP contribution in [0.2, 0.25) is 0 Å². The van der Waals surface area contributed by atoms with Crippen LogP contribution < -0.4 is 0 Å². The van der Waals surface area contributed by atoms with Crippen LogP contribution in [0, 0.1) is 11.8 Å². The fourth-order valence-corrected chi connectivity index (χ4v) is 2.37. The summed E-state index contributed by atoms with van der Waals surface area (Å²) in [5.74, 6) is -1.29. The number of hydrogen-bond donors (Lipinski definition) is 3. The normalized spacial score (nSPS) is 31.0. The molecule has 3 N–H and O–H groups in total. The number of carboxylic acid groups (broad SMARTS) is 1. The number of carbonyl (C=O) groups is 1. The second-order valence-corrected chi connectivity index (χ2v) is 5.25. The minimum absolute atomic E-state index is 0.0198. The van der Waals surface area contributed by atoms with Gasteiger partial charge < -0.3 is 14.9 Å². The summed E-state index contributed by atoms with van der Waals surface area (Å²) in [6.45, 7) is 3.57. The Morgan fingerprint density at radius 2 is 2.06 bits per heavy atom. The van der Waals surface area contributed by atoms with Crippen molar-refractivity contribution >= 4 is 13.8 Å². The number of aliphatic carboxylic acids is 1. The zero-order valence-corrected chi connectivity index (χ0v) is 9.92. The SMILES string of the molecule is CC1C=C(C(=O)O)CC(OP(=O)(O)O)C1C. The molecule has 7 heteroatoms. The molecular formula is C9H15O6P. The maximum atomic E-state index is 10.8. The number of carboxylic acids is 1. The van der Waals surface area contributed by atoms with Gasteiger partial charge in [-0.15, -0.1) is 0 Å². The van der Waals surface area contributed by atoms with E-state index in [2.05, 4.69) is 4.52 Å². The molecule has 0 amide bonds. The Bertz CT molecular complexity index is 357. The predicted octanol–water partition coefficient (Wildman–Crippen LogP) is 1.15. The first kappa shape index (κ1) is 13.4. The molecule has 0 aromatic rings. The lowest BCUT2D eigenvalue weighted by Gasteiger charge is -2.31. The van der Waals surface area contributed by atoms with E-state index in [1.807, 2.05) is 0 Å². The summed E-state index contributed by atoms with van der Waals surface area (Å²) >= 11 is 0. The molecule has 0 saturated heterocycles. The molecule has 92 valence electrons. The van der Waals surface area contributed by atoms with E-state index >= 15 is 0 Å². The average molecular weight is 250 g/mol.